The van der Waals surface area contributed by atoms with Gasteiger partial charge in [0, 0.05) is 16.5 Å². The SMILES string of the molecule is CC1(C)c2ccccc2-c2ccc(-c3cccc(-c4cccc(C(=N)N=C(N)c5ccccc5)c4)c3)cc21. The highest BCUT2D eigenvalue weighted by molar-refractivity contribution is 6.10. The van der Waals surface area contributed by atoms with E-state index < -0.39 is 0 Å². The number of rotatable bonds is 4. The molecule has 0 atom stereocenters. The van der Waals surface area contributed by atoms with Crippen molar-refractivity contribution in [3.63, 3.8) is 0 Å². The van der Waals surface area contributed by atoms with Gasteiger partial charge in [-0.05, 0) is 62.7 Å². The molecule has 0 aliphatic heterocycles. The predicted molar refractivity (Wildman–Crippen MR) is 159 cm³/mol. The second-order valence-corrected chi connectivity index (χ2v) is 10.3. The number of nitrogens with one attached hydrogen (secondary N) is 1. The van der Waals surface area contributed by atoms with E-state index in [1.165, 1.54) is 33.4 Å². The van der Waals surface area contributed by atoms with Crippen LogP contribution in [0.5, 0.6) is 0 Å². The summed E-state index contributed by atoms with van der Waals surface area (Å²) in [6.45, 7) is 4.62. The van der Waals surface area contributed by atoms with Gasteiger partial charge in [-0.25, -0.2) is 4.99 Å². The van der Waals surface area contributed by atoms with E-state index in [0.29, 0.717) is 5.84 Å². The van der Waals surface area contributed by atoms with E-state index in [4.69, 9.17) is 11.1 Å². The van der Waals surface area contributed by atoms with Crippen LogP contribution in [-0.2, 0) is 5.41 Å². The number of nitrogens with zero attached hydrogens (tertiary/aromatic N) is 1. The van der Waals surface area contributed by atoms with E-state index in [1.807, 2.05) is 48.5 Å². The van der Waals surface area contributed by atoms with Crippen molar-refractivity contribution in [2.75, 3.05) is 0 Å². The Morgan fingerprint density at radius 1 is 0.579 bits per heavy atom. The van der Waals surface area contributed by atoms with Crippen LogP contribution >= 0.6 is 0 Å². The normalized spacial score (nSPS) is 13.6. The van der Waals surface area contributed by atoms with Gasteiger partial charge in [0.2, 0.25) is 0 Å². The average Bonchev–Trinajstić information content (AvgIpc) is 3.20. The summed E-state index contributed by atoms with van der Waals surface area (Å²) in [6, 6.07) is 41.7. The van der Waals surface area contributed by atoms with E-state index in [1.54, 1.807) is 0 Å². The molecular formula is C35H29N3. The first-order valence-electron chi connectivity index (χ1n) is 12.9. The molecule has 6 rings (SSSR count). The summed E-state index contributed by atoms with van der Waals surface area (Å²) < 4.78 is 0. The van der Waals surface area contributed by atoms with Gasteiger partial charge in [-0.15, -0.1) is 0 Å². The summed E-state index contributed by atoms with van der Waals surface area (Å²) in [4.78, 5) is 4.36. The summed E-state index contributed by atoms with van der Waals surface area (Å²) in [6.07, 6.45) is 0. The van der Waals surface area contributed by atoms with Gasteiger partial charge in [0.25, 0.3) is 0 Å². The molecule has 184 valence electrons. The maximum Gasteiger partial charge on any atom is 0.154 e. The lowest BCUT2D eigenvalue weighted by Crippen LogP contribution is -2.15. The molecule has 3 heteroatoms. The van der Waals surface area contributed by atoms with Gasteiger partial charge in [-0.2, -0.15) is 0 Å². The monoisotopic (exact) mass is 491 g/mol. The average molecular weight is 492 g/mol. The van der Waals surface area contributed by atoms with E-state index in [0.717, 1.165) is 22.3 Å². The smallest absolute Gasteiger partial charge is 0.154 e. The van der Waals surface area contributed by atoms with E-state index in [2.05, 4.69) is 91.6 Å². The number of nitrogens with two attached hydrogens (primary N) is 1. The maximum absolute atomic E-state index is 8.54. The van der Waals surface area contributed by atoms with Gasteiger partial charge in [-0.3, -0.25) is 5.41 Å². The Morgan fingerprint density at radius 2 is 1.16 bits per heavy atom. The van der Waals surface area contributed by atoms with Gasteiger partial charge < -0.3 is 5.73 Å². The van der Waals surface area contributed by atoms with E-state index in [-0.39, 0.29) is 11.3 Å². The van der Waals surface area contributed by atoms with Crippen molar-refractivity contribution in [2.24, 2.45) is 10.7 Å². The van der Waals surface area contributed by atoms with E-state index in [9.17, 15) is 0 Å². The zero-order valence-electron chi connectivity index (χ0n) is 21.6. The Hall–Kier alpha value is -4.76. The van der Waals surface area contributed by atoms with Gasteiger partial charge in [0.15, 0.2) is 5.84 Å². The van der Waals surface area contributed by atoms with Crippen LogP contribution in [0.3, 0.4) is 0 Å². The highest BCUT2D eigenvalue weighted by Gasteiger charge is 2.35. The Morgan fingerprint density at radius 3 is 1.92 bits per heavy atom. The minimum absolute atomic E-state index is 0.0314. The topological polar surface area (TPSA) is 62.2 Å². The number of aliphatic imine (C=N–C) groups is 1. The lowest BCUT2D eigenvalue weighted by atomic mass is 9.81. The van der Waals surface area contributed by atoms with Crippen molar-refractivity contribution in [3.05, 3.63) is 144 Å². The Balaban J connectivity index is 1.32. The molecule has 5 aromatic rings. The fraction of sp³-hybridized carbons (Fsp3) is 0.0857. The molecular weight excluding hydrogens is 462 g/mol. The molecule has 0 saturated carbocycles. The van der Waals surface area contributed by atoms with Crippen molar-refractivity contribution >= 4 is 11.7 Å². The largest absolute Gasteiger partial charge is 0.383 e. The maximum atomic E-state index is 8.54. The van der Waals surface area contributed by atoms with Crippen LogP contribution in [0, 0.1) is 5.41 Å². The van der Waals surface area contributed by atoms with Gasteiger partial charge in [-0.1, -0.05) is 117 Å². The Bertz CT molecular complexity index is 1710. The summed E-state index contributed by atoms with van der Waals surface area (Å²) in [7, 11) is 0. The predicted octanol–water partition coefficient (Wildman–Crippen LogP) is 8.06. The first-order chi connectivity index (χ1) is 18.4. The zero-order chi connectivity index (χ0) is 26.3. The third kappa shape index (κ3) is 4.12. The minimum Gasteiger partial charge on any atom is -0.383 e. The molecule has 0 radical (unpaired) electrons. The third-order valence-electron chi connectivity index (χ3n) is 7.55. The van der Waals surface area contributed by atoms with Crippen LogP contribution in [0.1, 0.15) is 36.1 Å². The molecule has 1 aliphatic rings. The lowest BCUT2D eigenvalue weighted by molar-refractivity contribution is 0.660. The second-order valence-electron chi connectivity index (χ2n) is 10.3. The van der Waals surface area contributed by atoms with Crippen molar-refractivity contribution in [2.45, 2.75) is 19.3 Å². The van der Waals surface area contributed by atoms with Crippen molar-refractivity contribution in [3.8, 4) is 33.4 Å². The molecule has 3 N–H and O–H groups in total. The highest BCUT2D eigenvalue weighted by Crippen LogP contribution is 2.49. The second kappa shape index (κ2) is 9.28. The van der Waals surface area contributed by atoms with Crippen LogP contribution < -0.4 is 5.73 Å². The fourth-order valence-corrected chi connectivity index (χ4v) is 5.47. The summed E-state index contributed by atoms with van der Waals surface area (Å²) in [5.41, 5.74) is 17.6. The lowest BCUT2D eigenvalue weighted by Gasteiger charge is -2.22. The Labute approximate surface area is 223 Å². The summed E-state index contributed by atoms with van der Waals surface area (Å²) in [5, 5.41) is 8.54. The van der Waals surface area contributed by atoms with Gasteiger partial charge in [0.05, 0.1) is 0 Å². The van der Waals surface area contributed by atoms with Crippen LogP contribution in [-0.4, -0.2) is 11.7 Å². The number of hydrogen-bond acceptors (Lipinski definition) is 1. The standard InChI is InChI=1S/C35H29N3/c1-35(2)31-17-7-6-16-29(31)30-19-18-27(22-32(30)35)25-13-8-12-24(20-25)26-14-9-15-28(21-26)34(37)38-33(36)23-10-4-3-5-11-23/h3-22H,1-2H3,(H3,36,37,38). The molecule has 1 aliphatic carbocycles. The number of benzene rings is 5. The molecule has 0 saturated heterocycles. The quantitative estimate of drug-likeness (QED) is 0.194. The molecule has 0 unspecified atom stereocenters. The van der Waals surface area contributed by atoms with Gasteiger partial charge >= 0.3 is 0 Å². The van der Waals surface area contributed by atoms with Gasteiger partial charge in [0.1, 0.15) is 5.84 Å². The number of hydrogen-bond donors (Lipinski definition) is 2. The molecule has 5 aromatic carbocycles. The fourth-order valence-electron chi connectivity index (χ4n) is 5.47. The van der Waals surface area contributed by atoms with Crippen LogP contribution in [0.4, 0.5) is 0 Å². The first kappa shape index (κ1) is 23.6. The molecule has 0 heterocycles. The van der Waals surface area contributed by atoms with Crippen LogP contribution in [0.25, 0.3) is 33.4 Å². The Kier molecular flexibility index (Phi) is 5.77. The molecule has 0 aromatic heterocycles. The summed E-state index contributed by atoms with van der Waals surface area (Å²) in [5.74, 6) is 0.481. The third-order valence-corrected chi connectivity index (χ3v) is 7.55. The van der Waals surface area contributed by atoms with Crippen LogP contribution in [0.2, 0.25) is 0 Å². The minimum atomic E-state index is -0.0314. The molecule has 3 nitrogen and oxygen atoms in total. The van der Waals surface area contributed by atoms with Crippen molar-refractivity contribution < 1.29 is 0 Å². The molecule has 0 bridgehead atoms. The molecule has 38 heavy (non-hydrogen) atoms. The van der Waals surface area contributed by atoms with E-state index >= 15 is 0 Å². The van der Waals surface area contributed by atoms with Crippen molar-refractivity contribution in [1.82, 2.24) is 0 Å². The molecule has 0 spiro atoms. The van der Waals surface area contributed by atoms with Crippen molar-refractivity contribution in [1.29, 1.82) is 5.41 Å². The zero-order valence-corrected chi connectivity index (χ0v) is 21.6. The summed E-state index contributed by atoms with van der Waals surface area (Å²) >= 11 is 0. The highest BCUT2D eigenvalue weighted by atomic mass is 14.9. The number of amidine groups is 2. The number of fused-ring (bicyclic) bond motifs is 3. The molecule has 0 amide bonds. The van der Waals surface area contributed by atoms with Crippen LogP contribution in [0.15, 0.2) is 126 Å². The first-order valence-corrected chi connectivity index (χ1v) is 12.9. The molecule has 0 fully saturated rings.